The Bertz CT molecular complexity index is 4050. The SMILES string of the molecule is c1ccc(-c2ccc(N(Cc3ccccc3-c3cccc(-c4cccc5c4c4ccccc4n5-c4ccc5ccccc5c4)c3)c3ccc(-c4ccc(-c5cccc6ccccc56)cc4)cc3)cc2)cc1. The smallest absolute Gasteiger partial charge is 0.0547 e. The van der Waals surface area contributed by atoms with Gasteiger partial charge in [-0.25, -0.2) is 0 Å². The van der Waals surface area contributed by atoms with Crippen LogP contribution >= 0.6 is 0 Å². The second-order valence-corrected chi connectivity index (χ2v) is 18.5. The fraction of sp³-hybridized carbons (Fsp3) is 0.0145. The summed E-state index contributed by atoms with van der Waals surface area (Å²) in [4.78, 5) is 2.45. The van der Waals surface area contributed by atoms with Crippen LogP contribution in [0.3, 0.4) is 0 Å². The molecule has 0 atom stereocenters. The van der Waals surface area contributed by atoms with Crippen molar-refractivity contribution >= 4 is 54.7 Å². The molecule has 0 amide bonds. The molecule has 2 heteroatoms. The number of hydrogen-bond acceptors (Lipinski definition) is 1. The highest BCUT2D eigenvalue weighted by molar-refractivity contribution is 6.16. The maximum atomic E-state index is 2.45. The second kappa shape index (κ2) is 18.0. The Morgan fingerprint density at radius 3 is 1.54 bits per heavy atom. The number of fused-ring (bicyclic) bond motifs is 5. The molecule has 0 fully saturated rings. The van der Waals surface area contributed by atoms with Crippen LogP contribution in [0.5, 0.6) is 0 Å². The van der Waals surface area contributed by atoms with Gasteiger partial charge in [0.25, 0.3) is 0 Å². The van der Waals surface area contributed by atoms with Gasteiger partial charge in [0.1, 0.15) is 0 Å². The van der Waals surface area contributed by atoms with Gasteiger partial charge in [0.15, 0.2) is 0 Å². The molecule has 0 saturated carbocycles. The molecule has 13 rings (SSSR count). The highest BCUT2D eigenvalue weighted by Crippen LogP contribution is 2.41. The van der Waals surface area contributed by atoms with E-state index in [0.29, 0.717) is 6.54 Å². The Labute approximate surface area is 414 Å². The van der Waals surface area contributed by atoms with E-state index in [9.17, 15) is 0 Å². The molecule has 2 nitrogen and oxygen atoms in total. The molecule has 0 saturated heterocycles. The number of aromatic nitrogens is 1. The first-order valence-corrected chi connectivity index (χ1v) is 24.5. The predicted molar refractivity (Wildman–Crippen MR) is 302 cm³/mol. The number of para-hydroxylation sites is 1. The average molecular weight is 905 g/mol. The van der Waals surface area contributed by atoms with E-state index < -0.39 is 0 Å². The van der Waals surface area contributed by atoms with E-state index >= 15 is 0 Å². The molecule has 0 aliphatic rings. The molecule has 0 bridgehead atoms. The molecule has 1 aromatic heterocycles. The maximum Gasteiger partial charge on any atom is 0.0547 e. The van der Waals surface area contributed by atoms with Crippen LogP contribution in [0.25, 0.3) is 105 Å². The lowest BCUT2D eigenvalue weighted by atomic mass is 9.93. The molecule has 334 valence electrons. The van der Waals surface area contributed by atoms with Crippen LogP contribution in [0.1, 0.15) is 5.56 Å². The van der Waals surface area contributed by atoms with Crippen molar-refractivity contribution < 1.29 is 0 Å². The standard InChI is InChI=1S/C69H48N2/c1-2-15-48(16-3-1)51-35-40-59(41-36-51)70(60-42-37-52(38-43-60)50-31-33-54(34-32-50)64-27-13-21-53-18-6-9-25-63(53)64)47-58-20-7-8-24-62(58)56-22-12-23-57(45-56)65-28-14-30-68-69(65)66-26-10-11-29-67(66)71(68)61-44-39-49-17-4-5-19-55(49)46-61/h1-46H,47H2. The van der Waals surface area contributed by atoms with Crippen molar-refractivity contribution in [3.63, 3.8) is 0 Å². The molecule has 0 aliphatic carbocycles. The zero-order chi connectivity index (χ0) is 47.1. The van der Waals surface area contributed by atoms with Crippen molar-refractivity contribution in [3.8, 4) is 61.3 Å². The van der Waals surface area contributed by atoms with Gasteiger partial charge in [0.05, 0.1) is 11.0 Å². The number of benzene rings is 12. The van der Waals surface area contributed by atoms with Crippen LogP contribution in [0.15, 0.2) is 279 Å². The fourth-order valence-electron chi connectivity index (χ4n) is 10.8. The largest absolute Gasteiger partial charge is 0.337 e. The van der Waals surface area contributed by atoms with E-state index in [1.807, 2.05) is 0 Å². The van der Waals surface area contributed by atoms with E-state index in [-0.39, 0.29) is 0 Å². The Morgan fingerprint density at radius 1 is 0.282 bits per heavy atom. The summed E-state index contributed by atoms with van der Waals surface area (Å²) in [6.07, 6.45) is 0. The molecule has 0 radical (unpaired) electrons. The van der Waals surface area contributed by atoms with Gasteiger partial charge < -0.3 is 9.47 Å². The van der Waals surface area contributed by atoms with E-state index in [1.165, 1.54) is 105 Å². The zero-order valence-corrected chi connectivity index (χ0v) is 39.2. The minimum Gasteiger partial charge on any atom is -0.337 e. The summed E-state index contributed by atoms with van der Waals surface area (Å²) in [7, 11) is 0. The average Bonchev–Trinajstić information content (AvgIpc) is 3.79. The van der Waals surface area contributed by atoms with Crippen molar-refractivity contribution in [1.82, 2.24) is 4.57 Å². The molecular weight excluding hydrogens is 857 g/mol. The van der Waals surface area contributed by atoms with Gasteiger partial charge in [0.2, 0.25) is 0 Å². The molecule has 0 spiro atoms. The second-order valence-electron chi connectivity index (χ2n) is 18.5. The minimum absolute atomic E-state index is 0.680. The van der Waals surface area contributed by atoms with Crippen LogP contribution < -0.4 is 4.90 Å². The van der Waals surface area contributed by atoms with Crippen LogP contribution in [0, 0.1) is 0 Å². The Hall–Kier alpha value is -9.24. The number of nitrogens with zero attached hydrogens (tertiary/aromatic N) is 2. The van der Waals surface area contributed by atoms with Crippen LogP contribution in [0.4, 0.5) is 11.4 Å². The Morgan fingerprint density at radius 2 is 0.775 bits per heavy atom. The van der Waals surface area contributed by atoms with Crippen LogP contribution in [-0.4, -0.2) is 4.57 Å². The van der Waals surface area contributed by atoms with E-state index in [1.54, 1.807) is 0 Å². The van der Waals surface area contributed by atoms with Crippen LogP contribution in [0.2, 0.25) is 0 Å². The first-order valence-electron chi connectivity index (χ1n) is 24.5. The maximum absolute atomic E-state index is 2.45. The molecule has 0 N–H and O–H groups in total. The Balaban J connectivity index is 0.861. The lowest BCUT2D eigenvalue weighted by Gasteiger charge is -2.27. The van der Waals surface area contributed by atoms with Crippen molar-refractivity contribution in [2.45, 2.75) is 6.54 Å². The van der Waals surface area contributed by atoms with Gasteiger partial charge in [-0.2, -0.15) is 0 Å². The topological polar surface area (TPSA) is 8.17 Å². The van der Waals surface area contributed by atoms with Gasteiger partial charge in [-0.15, -0.1) is 0 Å². The molecule has 0 unspecified atom stereocenters. The van der Waals surface area contributed by atoms with Gasteiger partial charge in [-0.05, 0) is 137 Å². The lowest BCUT2D eigenvalue weighted by Crippen LogP contribution is -2.17. The summed E-state index contributed by atoms with van der Waals surface area (Å²) in [5.74, 6) is 0. The summed E-state index contributed by atoms with van der Waals surface area (Å²) in [5, 5.41) is 7.51. The first kappa shape index (κ1) is 41.9. The summed E-state index contributed by atoms with van der Waals surface area (Å²) in [5.41, 5.74) is 19.2. The van der Waals surface area contributed by atoms with Crippen molar-refractivity contribution in [1.29, 1.82) is 0 Å². The van der Waals surface area contributed by atoms with E-state index in [2.05, 4.69) is 289 Å². The quantitative estimate of drug-likeness (QED) is 0.133. The number of hydrogen-bond donors (Lipinski definition) is 0. The van der Waals surface area contributed by atoms with Gasteiger partial charge >= 0.3 is 0 Å². The lowest BCUT2D eigenvalue weighted by molar-refractivity contribution is 0.977. The third-order valence-electron chi connectivity index (χ3n) is 14.3. The van der Waals surface area contributed by atoms with Gasteiger partial charge in [-0.3, -0.25) is 0 Å². The first-order chi connectivity index (χ1) is 35.2. The van der Waals surface area contributed by atoms with E-state index in [0.717, 1.165) is 17.1 Å². The summed E-state index contributed by atoms with van der Waals surface area (Å²) < 4.78 is 2.43. The molecule has 1 heterocycles. The van der Waals surface area contributed by atoms with Gasteiger partial charge in [0, 0.05) is 34.4 Å². The summed E-state index contributed by atoms with van der Waals surface area (Å²) in [6, 6.07) is 102. The van der Waals surface area contributed by atoms with Crippen molar-refractivity contribution in [2.24, 2.45) is 0 Å². The molecule has 71 heavy (non-hydrogen) atoms. The highest BCUT2D eigenvalue weighted by Gasteiger charge is 2.19. The number of rotatable bonds is 10. The van der Waals surface area contributed by atoms with Crippen molar-refractivity contribution in [3.05, 3.63) is 285 Å². The van der Waals surface area contributed by atoms with Gasteiger partial charge in [-0.1, -0.05) is 224 Å². The minimum atomic E-state index is 0.680. The predicted octanol–water partition coefficient (Wildman–Crippen LogP) is 18.8. The normalized spacial score (nSPS) is 11.4. The van der Waals surface area contributed by atoms with E-state index in [4.69, 9.17) is 0 Å². The highest BCUT2D eigenvalue weighted by atomic mass is 15.1. The molecule has 12 aromatic carbocycles. The zero-order valence-electron chi connectivity index (χ0n) is 39.2. The third-order valence-corrected chi connectivity index (χ3v) is 14.3. The van der Waals surface area contributed by atoms with Crippen molar-refractivity contribution in [2.75, 3.05) is 4.90 Å². The Kier molecular flexibility index (Phi) is 10.6. The molecule has 13 aromatic rings. The monoisotopic (exact) mass is 904 g/mol. The van der Waals surface area contributed by atoms with Crippen LogP contribution in [-0.2, 0) is 6.54 Å². The molecule has 0 aliphatic heterocycles. The molecular formula is C69H48N2. The third kappa shape index (κ3) is 7.82. The fourth-order valence-corrected chi connectivity index (χ4v) is 10.8. The summed E-state index contributed by atoms with van der Waals surface area (Å²) >= 11 is 0. The summed E-state index contributed by atoms with van der Waals surface area (Å²) in [6.45, 7) is 0.680. The number of anilines is 2.